The van der Waals surface area contributed by atoms with Gasteiger partial charge in [0.1, 0.15) is 23.5 Å². The number of nitrogens with one attached hydrogen (secondary N) is 2. The number of piperidine rings is 1. The van der Waals surface area contributed by atoms with Gasteiger partial charge in [-0.1, -0.05) is 0 Å². The zero-order chi connectivity index (χ0) is 29.4. The molecular weight excluding hydrogens is 548 g/mol. The molecule has 15 heteroatoms. The summed E-state index contributed by atoms with van der Waals surface area (Å²) in [6, 6.07) is 0.0935. The maximum atomic E-state index is 12.5. The lowest BCUT2D eigenvalue weighted by atomic mass is 9.91. The van der Waals surface area contributed by atoms with E-state index in [-0.39, 0.29) is 36.4 Å². The van der Waals surface area contributed by atoms with E-state index in [0.29, 0.717) is 55.4 Å². The number of aliphatic hydroxyl groups excluding tert-OH is 2. The first-order chi connectivity index (χ1) is 20.3. The fourth-order valence-electron chi connectivity index (χ4n) is 5.92. The molecule has 0 aromatic carbocycles. The highest BCUT2D eigenvalue weighted by molar-refractivity contribution is 5.83. The SMILES string of the molecule is Nc1nc(CCCC2CCN(C(=O)OCC3CNC(=O)C3)CC2)nc2c1ncn2[C@@H]1O[C@H](C(=O)NC2CC2)[C@H](O)C1O. The van der Waals surface area contributed by atoms with Crippen molar-refractivity contribution in [3.05, 3.63) is 12.2 Å². The normalized spacial score (nSPS) is 28.3. The second kappa shape index (κ2) is 12.0. The van der Waals surface area contributed by atoms with Gasteiger partial charge in [0, 0.05) is 44.4 Å². The van der Waals surface area contributed by atoms with E-state index in [4.69, 9.17) is 15.2 Å². The van der Waals surface area contributed by atoms with Crippen molar-refractivity contribution in [2.45, 2.75) is 81.9 Å². The number of aromatic nitrogens is 4. The van der Waals surface area contributed by atoms with E-state index in [1.807, 2.05) is 0 Å². The predicted molar refractivity (Wildman–Crippen MR) is 147 cm³/mol. The van der Waals surface area contributed by atoms with Crippen LogP contribution in [0.4, 0.5) is 10.6 Å². The molecular formula is C27H38N8O7. The number of carbonyl (C=O) groups excluding carboxylic acids is 3. The Bertz CT molecular complexity index is 1330. The van der Waals surface area contributed by atoms with Crippen LogP contribution < -0.4 is 16.4 Å². The Morgan fingerprint density at radius 3 is 2.64 bits per heavy atom. The largest absolute Gasteiger partial charge is 0.449 e. The number of amides is 3. The summed E-state index contributed by atoms with van der Waals surface area (Å²) in [7, 11) is 0. The van der Waals surface area contributed by atoms with Crippen LogP contribution in [0.3, 0.4) is 0 Å². The number of nitrogen functional groups attached to an aromatic ring is 1. The number of aliphatic hydroxyl groups is 2. The average Bonchev–Trinajstić information content (AvgIpc) is 3.39. The second-order valence-corrected chi connectivity index (χ2v) is 11.8. The molecule has 5 heterocycles. The summed E-state index contributed by atoms with van der Waals surface area (Å²) in [4.78, 5) is 51.3. The number of imidazole rings is 1. The fraction of sp³-hybridized carbons (Fsp3) is 0.704. The molecule has 2 aromatic heterocycles. The Morgan fingerprint density at radius 2 is 1.93 bits per heavy atom. The zero-order valence-corrected chi connectivity index (χ0v) is 23.4. The molecule has 3 saturated heterocycles. The standard InChI is InChI=1S/C27H38N8O7/c28-23-19-24(35(13-30-19)26-21(38)20(37)22(42-26)25(39)31-16-4-5-16)33-17(32-23)3-1-2-14-6-8-34(9-7-14)27(40)41-12-15-10-18(36)29-11-15/h13-16,20-22,26,37-38H,1-12H2,(H,29,36)(H,31,39)(H2,28,32,33)/t15?,20-,21?,22+,26-/m1/s1. The molecule has 42 heavy (non-hydrogen) atoms. The number of hydrogen-bond acceptors (Lipinski definition) is 11. The van der Waals surface area contributed by atoms with Gasteiger partial charge in [0.05, 0.1) is 12.9 Å². The highest BCUT2D eigenvalue weighted by Gasteiger charge is 2.48. The van der Waals surface area contributed by atoms with E-state index in [1.54, 1.807) is 4.90 Å². The van der Waals surface area contributed by atoms with Crippen molar-refractivity contribution in [2.24, 2.45) is 11.8 Å². The van der Waals surface area contributed by atoms with Crippen LogP contribution in [0.2, 0.25) is 0 Å². The third-order valence-corrected chi connectivity index (χ3v) is 8.58. The molecule has 3 aliphatic heterocycles. The smallest absolute Gasteiger partial charge is 0.409 e. The first kappa shape index (κ1) is 28.6. The number of rotatable bonds is 9. The van der Waals surface area contributed by atoms with Gasteiger partial charge in [-0.25, -0.2) is 19.7 Å². The van der Waals surface area contributed by atoms with Gasteiger partial charge in [-0.05, 0) is 44.4 Å². The van der Waals surface area contributed by atoms with Crippen LogP contribution in [0.15, 0.2) is 6.33 Å². The van der Waals surface area contributed by atoms with Gasteiger partial charge >= 0.3 is 6.09 Å². The first-order valence-corrected chi connectivity index (χ1v) is 14.8. The van der Waals surface area contributed by atoms with Gasteiger partial charge in [0.2, 0.25) is 5.91 Å². The van der Waals surface area contributed by atoms with Crippen molar-refractivity contribution in [1.82, 2.24) is 35.1 Å². The summed E-state index contributed by atoms with van der Waals surface area (Å²) in [5.74, 6) is 0.784. The van der Waals surface area contributed by atoms with E-state index >= 15 is 0 Å². The van der Waals surface area contributed by atoms with Crippen LogP contribution in [-0.2, 0) is 25.5 Å². The predicted octanol–water partition coefficient (Wildman–Crippen LogP) is -0.386. The Balaban J connectivity index is 1.00. The van der Waals surface area contributed by atoms with Gasteiger partial charge in [-0.3, -0.25) is 14.2 Å². The van der Waals surface area contributed by atoms with Crippen LogP contribution in [0.5, 0.6) is 0 Å². The molecule has 6 N–H and O–H groups in total. The number of nitrogens with two attached hydrogens (primary N) is 1. The summed E-state index contributed by atoms with van der Waals surface area (Å²) in [5.41, 5.74) is 6.90. The summed E-state index contributed by atoms with van der Waals surface area (Å²) < 4.78 is 12.7. The third-order valence-electron chi connectivity index (χ3n) is 8.58. The van der Waals surface area contributed by atoms with E-state index in [1.165, 1.54) is 10.9 Å². The van der Waals surface area contributed by atoms with Crippen LogP contribution in [-0.4, -0.2) is 103 Å². The molecule has 2 unspecified atom stereocenters. The maximum Gasteiger partial charge on any atom is 0.409 e. The molecule has 6 rings (SSSR count). The average molecular weight is 587 g/mol. The lowest BCUT2D eigenvalue weighted by Crippen LogP contribution is -2.43. The molecule has 0 radical (unpaired) electrons. The van der Waals surface area contributed by atoms with Crippen LogP contribution in [0.1, 0.15) is 57.0 Å². The number of likely N-dealkylation sites (tertiary alicyclic amines) is 1. The fourth-order valence-corrected chi connectivity index (χ4v) is 5.92. The lowest BCUT2D eigenvalue weighted by molar-refractivity contribution is -0.137. The molecule has 2 aromatic rings. The van der Waals surface area contributed by atoms with E-state index in [0.717, 1.165) is 38.5 Å². The number of nitrogens with zero attached hydrogens (tertiary/aromatic N) is 5. The molecule has 5 atom stereocenters. The van der Waals surface area contributed by atoms with Gasteiger partial charge in [-0.2, -0.15) is 0 Å². The van der Waals surface area contributed by atoms with Crippen LogP contribution in [0, 0.1) is 11.8 Å². The quantitative estimate of drug-likeness (QED) is 0.256. The number of anilines is 1. The van der Waals surface area contributed by atoms with Crippen molar-refractivity contribution >= 4 is 34.9 Å². The Labute approximate surface area is 242 Å². The molecule has 4 aliphatic rings. The summed E-state index contributed by atoms with van der Waals surface area (Å²) in [6.07, 6.45) is 2.36. The van der Waals surface area contributed by atoms with Crippen molar-refractivity contribution in [2.75, 3.05) is 32.0 Å². The van der Waals surface area contributed by atoms with Gasteiger partial charge in [-0.15, -0.1) is 0 Å². The summed E-state index contributed by atoms with van der Waals surface area (Å²) >= 11 is 0. The molecule has 1 aliphatic carbocycles. The first-order valence-electron chi connectivity index (χ1n) is 14.8. The number of aryl methyl sites for hydroxylation is 1. The van der Waals surface area contributed by atoms with Crippen molar-refractivity contribution in [1.29, 1.82) is 0 Å². The minimum Gasteiger partial charge on any atom is -0.449 e. The van der Waals surface area contributed by atoms with Gasteiger partial charge in [0.15, 0.2) is 23.8 Å². The molecule has 0 spiro atoms. The second-order valence-electron chi connectivity index (χ2n) is 11.8. The molecule has 4 fully saturated rings. The Hall–Kier alpha value is -3.56. The molecule has 1 saturated carbocycles. The van der Waals surface area contributed by atoms with E-state index < -0.39 is 30.4 Å². The molecule has 228 valence electrons. The van der Waals surface area contributed by atoms with E-state index in [2.05, 4.69) is 25.6 Å². The Morgan fingerprint density at radius 1 is 1.14 bits per heavy atom. The Kier molecular flexibility index (Phi) is 8.14. The summed E-state index contributed by atoms with van der Waals surface area (Å²) in [6.45, 7) is 2.08. The number of hydrogen-bond donors (Lipinski definition) is 5. The minimum atomic E-state index is -1.40. The van der Waals surface area contributed by atoms with Crippen LogP contribution in [0.25, 0.3) is 11.2 Å². The van der Waals surface area contributed by atoms with Crippen molar-refractivity contribution in [3.63, 3.8) is 0 Å². The number of ether oxygens (including phenoxy) is 2. The highest BCUT2D eigenvalue weighted by Crippen LogP contribution is 2.33. The monoisotopic (exact) mass is 586 g/mol. The topological polar surface area (TPSA) is 207 Å². The van der Waals surface area contributed by atoms with E-state index in [9.17, 15) is 24.6 Å². The zero-order valence-electron chi connectivity index (χ0n) is 23.4. The van der Waals surface area contributed by atoms with Crippen LogP contribution >= 0.6 is 0 Å². The van der Waals surface area contributed by atoms with Crippen molar-refractivity contribution in [3.8, 4) is 0 Å². The van der Waals surface area contributed by atoms with Gasteiger partial charge < -0.3 is 41.0 Å². The maximum absolute atomic E-state index is 12.5. The molecule has 15 nitrogen and oxygen atoms in total. The minimum absolute atomic E-state index is 0.0000373. The van der Waals surface area contributed by atoms with Gasteiger partial charge in [0.25, 0.3) is 5.91 Å². The summed E-state index contributed by atoms with van der Waals surface area (Å²) in [5, 5.41) is 26.8. The molecule has 0 bridgehead atoms. The lowest BCUT2D eigenvalue weighted by Gasteiger charge is -2.31. The molecule has 3 amide bonds. The van der Waals surface area contributed by atoms with Crippen molar-refractivity contribution < 1.29 is 34.1 Å². The number of fused-ring (bicyclic) bond motifs is 1. The highest BCUT2D eigenvalue weighted by atomic mass is 16.6. The third kappa shape index (κ3) is 6.13. The number of carbonyl (C=O) groups is 3.